The molecule has 1 aromatic carbocycles. The van der Waals surface area contributed by atoms with Crippen LogP contribution in [0.2, 0.25) is 0 Å². The first-order chi connectivity index (χ1) is 6.77. The second kappa shape index (κ2) is 5.69. The zero-order valence-electron chi connectivity index (χ0n) is 8.43. The molecule has 2 nitrogen and oxygen atoms in total. The Hall–Kier alpha value is -0.980. The van der Waals surface area contributed by atoms with E-state index in [2.05, 4.69) is 13.0 Å². The lowest BCUT2D eigenvalue weighted by Crippen LogP contribution is -1.96. The van der Waals surface area contributed by atoms with Crippen LogP contribution in [0.15, 0.2) is 30.3 Å². The Balaban J connectivity index is 2.89. The van der Waals surface area contributed by atoms with Gasteiger partial charge < -0.3 is 0 Å². The fraction of sp³-hybridized carbons (Fsp3) is 0.273. The van der Waals surface area contributed by atoms with Crippen molar-refractivity contribution < 1.29 is 9.09 Å². The van der Waals surface area contributed by atoms with Crippen molar-refractivity contribution in [2.24, 2.45) is 0 Å². The van der Waals surface area contributed by atoms with Crippen molar-refractivity contribution in [3.8, 4) is 0 Å². The van der Waals surface area contributed by atoms with Gasteiger partial charge in [-0.3, -0.25) is 0 Å². The summed E-state index contributed by atoms with van der Waals surface area (Å²) < 4.78 is 16.1. The molecule has 0 aliphatic heterocycles. The predicted octanol–water partition coefficient (Wildman–Crippen LogP) is 3.12. The molecule has 0 bridgehead atoms. The molecule has 1 unspecified atom stereocenters. The highest BCUT2D eigenvalue weighted by Crippen LogP contribution is 2.20. The van der Waals surface area contributed by atoms with Gasteiger partial charge in [0, 0.05) is 6.07 Å². The Kier molecular flexibility index (Phi) is 4.51. The Morgan fingerprint density at radius 3 is 2.93 bits per heavy atom. The number of rotatable bonds is 4. The van der Waals surface area contributed by atoms with Crippen LogP contribution in [0.1, 0.15) is 18.9 Å². The molecule has 0 heterocycles. The normalized spacial score (nSPS) is 12.0. The van der Waals surface area contributed by atoms with Crippen LogP contribution in [0.3, 0.4) is 0 Å². The van der Waals surface area contributed by atoms with Crippen LogP contribution < -0.4 is 5.30 Å². The summed E-state index contributed by atoms with van der Waals surface area (Å²) in [6.45, 7) is 2.08. The molecular weight excluding hydrogens is 195 g/mol. The van der Waals surface area contributed by atoms with Crippen LogP contribution in [0.4, 0.5) is 0 Å². The minimum Gasteiger partial charge on any atom is -0.145 e. The molecular formula is C11H14O2P+. The van der Waals surface area contributed by atoms with E-state index >= 15 is 0 Å². The molecule has 0 radical (unpaired) electrons. The monoisotopic (exact) mass is 209 g/mol. The van der Waals surface area contributed by atoms with E-state index in [9.17, 15) is 4.57 Å². The maximum atomic E-state index is 11.3. The van der Waals surface area contributed by atoms with Crippen LogP contribution in [-0.4, -0.2) is 7.11 Å². The molecule has 0 spiro atoms. The van der Waals surface area contributed by atoms with Gasteiger partial charge >= 0.3 is 8.03 Å². The summed E-state index contributed by atoms with van der Waals surface area (Å²) >= 11 is 0. The van der Waals surface area contributed by atoms with E-state index < -0.39 is 8.03 Å². The third-order valence-corrected chi connectivity index (χ3v) is 2.82. The van der Waals surface area contributed by atoms with Gasteiger partial charge in [0.05, 0.1) is 7.11 Å². The van der Waals surface area contributed by atoms with Gasteiger partial charge in [-0.1, -0.05) is 31.2 Å². The molecule has 14 heavy (non-hydrogen) atoms. The van der Waals surface area contributed by atoms with Crippen molar-refractivity contribution in [2.45, 2.75) is 13.3 Å². The maximum Gasteiger partial charge on any atom is 0.548 e. The zero-order valence-corrected chi connectivity index (χ0v) is 9.33. The minimum atomic E-state index is -1.69. The third-order valence-electron chi connectivity index (χ3n) is 1.79. The van der Waals surface area contributed by atoms with Crippen LogP contribution in [0.25, 0.3) is 6.08 Å². The molecule has 74 valence electrons. The van der Waals surface area contributed by atoms with Gasteiger partial charge in [0.1, 0.15) is 0 Å². The fourth-order valence-corrected chi connectivity index (χ4v) is 1.77. The van der Waals surface area contributed by atoms with Crippen molar-refractivity contribution in [3.63, 3.8) is 0 Å². The lowest BCUT2D eigenvalue weighted by molar-refractivity contribution is 0.423. The summed E-state index contributed by atoms with van der Waals surface area (Å²) in [6.07, 6.45) is 5.09. The van der Waals surface area contributed by atoms with Crippen LogP contribution in [-0.2, 0) is 9.09 Å². The number of hydrogen-bond acceptors (Lipinski definition) is 2. The van der Waals surface area contributed by atoms with Crippen molar-refractivity contribution in [1.29, 1.82) is 0 Å². The summed E-state index contributed by atoms with van der Waals surface area (Å²) in [6, 6.07) is 7.56. The van der Waals surface area contributed by atoms with Crippen LogP contribution >= 0.6 is 8.03 Å². The zero-order chi connectivity index (χ0) is 10.4. The SMILES string of the molecule is CCC=Cc1cccc([P+](=O)OC)c1. The third kappa shape index (κ3) is 3.06. The summed E-state index contributed by atoms with van der Waals surface area (Å²) in [4.78, 5) is 0. The van der Waals surface area contributed by atoms with Gasteiger partial charge in [-0.25, -0.2) is 0 Å². The smallest absolute Gasteiger partial charge is 0.145 e. The molecule has 0 saturated carbocycles. The predicted molar refractivity (Wildman–Crippen MR) is 60.0 cm³/mol. The second-order valence-electron chi connectivity index (χ2n) is 2.85. The lowest BCUT2D eigenvalue weighted by atomic mass is 10.2. The standard InChI is InChI=1S/C11H14O2P/c1-3-4-6-10-7-5-8-11(9-10)14(12)13-2/h4-9H,3H2,1-2H3/q+1. The van der Waals surface area contributed by atoms with Crippen molar-refractivity contribution in [2.75, 3.05) is 7.11 Å². The number of hydrogen-bond donors (Lipinski definition) is 0. The average molecular weight is 209 g/mol. The molecule has 0 aliphatic rings. The van der Waals surface area contributed by atoms with E-state index in [-0.39, 0.29) is 0 Å². The summed E-state index contributed by atoms with van der Waals surface area (Å²) in [7, 11) is -0.237. The van der Waals surface area contributed by atoms with E-state index in [0.29, 0.717) is 0 Å². The molecule has 0 fully saturated rings. The Morgan fingerprint density at radius 2 is 2.29 bits per heavy atom. The van der Waals surface area contributed by atoms with Gasteiger partial charge in [0.2, 0.25) is 5.30 Å². The van der Waals surface area contributed by atoms with E-state index in [0.717, 1.165) is 17.3 Å². The van der Waals surface area contributed by atoms with Gasteiger partial charge in [-0.15, -0.1) is 4.52 Å². The molecule has 0 saturated heterocycles. The Morgan fingerprint density at radius 1 is 1.50 bits per heavy atom. The van der Waals surface area contributed by atoms with E-state index in [1.807, 2.05) is 30.3 Å². The van der Waals surface area contributed by atoms with E-state index in [1.54, 1.807) is 0 Å². The van der Waals surface area contributed by atoms with Crippen molar-refractivity contribution >= 4 is 19.4 Å². The molecule has 1 aromatic rings. The van der Waals surface area contributed by atoms with Gasteiger partial charge in [-0.2, -0.15) is 0 Å². The molecule has 0 aromatic heterocycles. The van der Waals surface area contributed by atoms with E-state index in [1.165, 1.54) is 7.11 Å². The molecule has 1 atom stereocenters. The molecule has 0 aliphatic carbocycles. The number of benzene rings is 1. The Bertz CT molecular complexity index is 345. The molecule has 0 N–H and O–H groups in total. The largest absolute Gasteiger partial charge is 0.548 e. The highest BCUT2D eigenvalue weighted by molar-refractivity contribution is 7.48. The quantitative estimate of drug-likeness (QED) is 0.712. The number of allylic oxidation sites excluding steroid dienone is 1. The first-order valence-corrected chi connectivity index (χ1v) is 5.73. The maximum absolute atomic E-state index is 11.3. The van der Waals surface area contributed by atoms with Crippen molar-refractivity contribution in [1.82, 2.24) is 0 Å². The second-order valence-corrected chi connectivity index (χ2v) is 4.24. The first-order valence-electron chi connectivity index (χ1n) is 4.56. The Labute approximate surface area is 85.5 Å². The van der Waals surface area contributed by atoms with Crippen LogP contribution in [0, 0.1) is 0 Å². The fourth-order valence-electron chi connectivity index (χ4n) is 1.10. The summed E-state index contributed by atoms with van der Waals surface area (Å²) in [5, 5.41) is 0.737. The van der Waals surface area contributed by atoms with Gasteiger partial charge in [0.15, 0.2) is 0 Å². The first kappa shape index (κ1) is 11.1. The topological polar surface area (TPSA) is 26.3 Å². The van der Waals surface area contributed by atoms with E-state index in [4.69, 9.17) is 4.52 Å². The molecule has 3 heteroatoms. The lowest BCUT2D eigenvalue weighted by Gasteiger charge is -1.91. The average Bonchev–Trinajstić information content (AvgIpc) is 2.25. The minimum absolute atomic E-state index is 0.737. The summed E-state index contributed by atoms with van der Waals surface area (Å²) in [5.41, 5.74) is 1.06. The highest BCUT2D eigenvalue weighted by Gasteiger charge is 2.18. The van der Waals surface area contributed by atoms with Crippen LogP contribution in [0.5, 0.6) is 0 Å². The molecule has 1 rings (SSSR count). The summed E-state index contributed by atoms with van der Waals surface area (Å²) in [5.74, 6) is 0. The highest BCUT2D eigenvalue weighted by atomic mass is 31.1. The molecule has 0 amide bonds. The van der Waals surface area contributed by atoms with Crippen molar-refractivity contribution in [3.05, 3.63) is 35.9 Å². The van der Waals surface area contributed by atoms with Gasteiger partial charge in [0.25, 0.3) is 0 Å². The van der Waals surface area contributed by atoms with Gasteiger partial charge in [-0.05, 0) is 22.6 Å².